The number of carbonyl (C=O) groups is 1. The number of nitrogens with one attached hydrogen (secondary N) is 1. The van der Waals surface area contributed by atoms with Crippen molar-refractivity contribution in [3.05, 3.63) is 106 Å². The summed E-state index contributed by atoms with van der Waals surface area (Å²) in [7, 11) is 0. The number of benzene rings is 3. The van der Waals surface area contributed by atoms with E-state index in [0.29, 0.717) is 27.9 Å². The molecule has 4 aromatic rings. The zero-order valence-corrected chi connectivity index (χ0v) is 15.1. The normalized spacial score (nSPS) is 12.3. The molecule has 1 aromatic heterocycles. The Morgan fingerprint density at radius 2 is 1.48 bits per heavy atom. The average molecular weight is 381 g/mol. The lowest BCUT2D eigenvalue weighted by molar-refractivity contribution is 0.0699. The Labute approximate surface area is 164 Å². The molecule has 0 saturated heterocycles. The highest BCUT2D eigenvalue weighted by atomic mass is 16.4. The van der Waals surface area contributed by atoms with Crippen LogP contribution in [-0.2, 0) is 0 Å². The van der Waals surface area contributed by atoms with Gasteiger partial charge in [0.05, 0.1) is 27.4 Å². The van der Waals surface area contributed by atoms with E-state index in [-0.39, 0.29) is 11.4 Å². The molecular formula is C23H15N3O3. The van der Waals surface area contributed by atoms with E-state index in [2.05, 4.69) is 15.0 Å². The maximum absolute atomic E-state index is 11.6. The van der Waals surface area contributed by atoms with Crippen LogP contribution in [0.4, 0.5) is 0 Å². The summed E-state index contributed by atoms with van der Waals surface area (Å²) >= 11 is 0. The lowest BCUT2D eigenvalue weighted by Gasteiger charge is -2.09. The highest BCUT2D eigenvalue weighted by Gasteiger charge is 2.23. The van der Waals surface area contributed by atoms with Gasteiger partial charge in [0.15, 0.2) is 11.7 Å². The molecule has 0 saturated carbocycles. The van der Waals surface area contributed by atoms with E-state index in [9.17, 15) is 15.0 Å². The molecule has 0 aliphatic carbocycles. The predicted molar refractivity (Wildman–Crippen MR) is 108 cm³/mol. The molecule has 2 heterocycles. The van der Waals surface area contributed by atoms with Crippen molar-refractivity contribution in [3.8, 4) is 5.88 Å². The zero-order valence-electron chi connectivity index (χ0n) is 15.1. The van der Waals surface area contributed by atoms with Crippen molar-refractivity contribution in [1.29, 1.82) is 0 Å². The number of aromatic hydroxyl groups is 1. The summed E-state index contributed by atoms with van der Waals surface area (Å²) in [5.41, 5.74) is 2.37. The summed E-state index contributed by atoms with van der Waals surface area (Å²) in [6, 6.07) is 22.0. The van der Waals surface area contributed by atoms with E-state index < -0.39 is 5.97 Å². The molecule has 3 aromatic carbocycles. The van der Waals surface area contributed by atoms with Gasteiger partial charge in [-0.1, -0.05) is 54.6 Å². The average Bonchev–Trinajstić information content (AvgIpc) is 3.30. The van der Waals surface area contributed by atoms with Gasteiger partial charge >= 0.3 is 5.97 Å². The molecule has 0 bridgehead atoms. The second kappa shape index (κ2) is 6.45. The van der Waals surface area contributed by atoms with Crippen molar-refractivity contribution in [2.45, 2.75) is 0 Å². The summed E-state index contributed by atoms with van der Waals surface area (Å²) in [6.45, 7) is 0. The summed E-state index contributed by atoms with van der Waals surface area (Å²) in [4.78, 5) is 23.8. The fraction of sp³-hybridized carbons (Fsp3) is 0. The lowest BCUT2D eigenvalue weighted by Crippen LogP contribution is -2.19. The van der Waals surface area contributed by atoms with Crippen LogP contribution in [0.2, 0.25) is 0 Å². The minimum Gasteiger partial charge on any atom is -0.494 e. The number of carboxylic acids is 1. The number of carboxylic acid groups (broad SMARTS) is 1. The lowest BCUT2D eigenvalue weighted by atomic mass is 9.96. The summed E-state index contributed by atoms with van der Waals surface area (Å²) in [5, 5.41) is 22.4. The molecule has 29 heavy (non-hydrogen) atoms. The van der Waals surface area contributed by atoms with Gasteiger partial charge in [0.1, 0.15) is 0 Å². The molecule has 0 amide bonds. The molecule has 0 radical (unpaired) electrons. The van der Waals surface area contributed by atoms with E-state index in [1.54, 1.807) is 12.1 Å². The molecule has 140 valence electrons. The first-order valence-electron chi connectivity index (χ1n) is 9.03. The molecule has 6 heteroatoms. The van der Waals surface area contributed by atoms with Crippen molar-refractivity contribution in [1.82, 2.24) is 4.98 Å². The maximum atomic E-state index is 11.6. The van der Waals surface area contributed by atoms with Gasteiger partial charge in [-0.3, -0.25) is 0 Å². The van der Waals surface area contributed by atoms with Gasteiger partial charge in [0, 0.05) is 11.0 Å². The number of H-pyrrole nitrogens is 1. The SMILES string of the molecule is O=C(O)c1cccc2c(C(=C3N=c4ccccc4=N3)c3ccccc3)c(O)[nH]c12. The maximum Gasteiger partial charge on any atom is 0.337 e. The van der Waals surface area contributed by atoms with Crippen molar-refractivity contribution >= 4 is 22.4 Å². The first kappa shape index (κ1) is 16.9. The molecule has 6 nitrogen and oxygen atoms in total. The van der Waals surface area contributed by atoms with Gasteiger partial charge < -0.3 is 15.2 Å². The van der Waals surface area contributed by atoms with Crippen LogP contribution in [-0.4, -0.2) is 21.2 Å². The van der Waals surface area contributed by atoms with Gasteiger partial charge in [-0.05, 0) is 23.8 Å². The third-order valence-corrected chi connectivity index (χ3v) is 4.91. The quantitative estimate of drug-likeness (QED) is 0.508. The first-order valence-corrected chi connectivity index (χ1v) is 9.03. The standard InChI is InChI=1S/C23H15N3O3/c27-22-19(14-9-6-10-15(23(28)29)20(14)26-22)18(13-7-2-1-3-8-13)21-24-16-11-4-5-12-17(16)25-21/h1-12,26-27H,(H,28,29). The van der Waals surface area contributed by atoms with E-state index in [0.717, 1.165) is 16.3 Å². The molecule has 0 unspecified atom stereocenters. The van der Waals surface area contributed by atoms with Crippen LogP contribution in [0.5, 0.6) is 5.88 Å². The van der Waals surface area contributed by atoms with E-state index >= 15 is 0 Å². The van der Waals surface area contributed by atoms with E-state index in [4.69, 9.17) is 0 Å². The molecular weight excluding hydrogens is 366 g/mol. The van der Waals surface area contributed by atoms with Crippen LogP contribution in [0.15, 0.2) is 88.6 Å². The van der Waals surface area contributed by atoms with Gasteiger partial charge in [-0.2, -0.15) is 0 Å². The highest BCUT2D eigenvalue weighted by Crippen LogP contribution is 2.40. The van der Waals surface area contributed by atoms with Gasteiger partial charge in [0.2, 0.25) is 0 Å². The molecule has 5 rings (SSSR count). The van der Waals surface area contributed by atoms with E-state index in [1.807, 2.05) is 54.6 Å². The largest absolute Gasteiger partial charge is 0.494 e. The van der Waals surface area contributed by atoms with Crippen LogP contribution >= 0.6 is 0 Å². The fourth-order valence-electron chi connectivity index (χ4n) is 3.64. The molecule has 1 aliphatic rings. The number of para-hydroxylation sites is 3. The van der Waals surface area contributed by atoms with Crippen LogP contribution in [0.25, 0.3) is 16.5 Å². The third kappa shape index (κ3) is 2.70. The Morgan fingerprint density at radius 1 is 0.828 bits per heavy atom. The van der Waals surface area contributed by atoms with Gasteiger partial charge in [-0.15, -0.1) is 0 Å². The number of aromatic amines is 1. The molecule has 3 N–H and O–H groups in total. The zero-order chi connectivity index (χ0) is 20.0. The second-order valence-electron chi connectivity index (χ2n) is 6.66. The van der Waals surface area contributed by atoms with Crippen LogP contribution < -0.4 is 10.7 Å². The van der Waals surface area contributed by atoms with Gasteiger partial charge in [-0.25, -0.2) is 14.8 Å². The van der Waals surface area contributed by atoms with Crippen LogP contribution in [0, 0.1) is 0 Å². The number of aromatic nitrogens is 1. The fourth-order valence-corrected chi connectivity index (χ4v) is 3.64. The van der Waals surface area contributed by atoms with Crippen molar-refractivity contribution in [3.63, 3.8) is 0 Å². The molecule has 1 aliphatic heterocycles. The Morgan fingerprint density at radius 3 is 2.14 bits per heavy atom. The Hall–Kier alpha value is -4.19. The number of rotatable bonds is 3. The Bertz CT molecular complexity index is 1400. The number of hydrogen-bond acceptors (Lipinski definition) is 4. The third-order valence-electron chi connectivity index (χ3n) is 4.91. The summed E-state index contributed by atoms with van der Waals surface area (Å²) < 4.78 is 0. The Balaban J connectivity index is 1.89. The molecule has 0 atom stereocenters. The number of nitrogens with zero attached hydrogens (tertiary/aromatic N) is 2. The van der Waals surface area contributed by atoms with Crippen molar-refractivity contribution < 1.29 is 15.0 Å². The first-order chi connectivity index (χ1) is 14.1. The monoisotopic (exact) mass is 381 g/mol. The van der Waals surface area contributed by atoms with Crippen molar-refractivity contribution in [2.75, 3.05) is 0 Å². The summed E-state index contributed by atoms with van der Waals surface area (Å²) in [6.07, 6.45) is 0. The molecule has 0 fully saturated rings. The van der Waals surface area contributed by atoms with E-state index in [1.165, 1.54) is 6.07 Å². The van der Waals surface area contributed by atoms with Crippen LogP contribution in [0.3, 0.4) is 0 Å². The smallest absolute Gasteiger partial charge is 0.337 e. The minimum absolute atomic E-state index is 0.0880. The topological polar surface area (TPSA) is 98.0 Å². The molecule has 0 spiro atoms. The predicted octanol–water partition coefficient (Wildman–Crippen LogP) is 3.24. The van der Waals surface area contributed by atoms with Crippen LogP contribution in [0.1, 0.15) is 21.5 Å². The summed E-state index contributed by atoms with van der Waals surface area (Å²) in [5.74, 6) is -0.726. The highest BCUT2D eigenvalue weighted by molar-refractivity contribution is 6.08. The minimum atomic E-state index is -1.07. The number of hydrogen-bond donors (Lipinski definition) is 3. The van der Waals surface area contributed by atoms with Gasteiger partial charge in [0.25, 0.3) is 0 Å². The van der Waals surface area contributed by atoms with Crippen molar-refractivity contribution in [2.24, 2.45) is 9.98 Å². The Kier molecular flexibility index (Phi) is 3.77. The number of aromatic carboxylic acids is 1. The second-order valence-corrected chi connectivity index (χ2v) is 6.66. The number of fused-ring (bicyclic) bond motifs is 2.